The summed E-state index contributed by atoms with van der Waals surface area (Å²) in [4.78, 5) is 31.2. The second-order valence-corrected chi connectivity index (χ2v) is 18.0. The zero-order chi connectivity index (χ0) is 34.4. The van der Waals surface area contributed by atoms with Gasteiger partial charge in [-0.05, 0) is 81.3 Å². The number of aromatic nitrogens is 4. The minimum atomic E-state index is -1.98. The maximum Gasteiger partial charge on any atom is 0.251 e. The lowest BCUT2D eigenvalue weighted by Gasteiger charge is -2.39. The van der Waals surface area contributed by atoms with Crippen molar-refractivity contribution < 1.29 is 9.53 Å². The van der Waals surface area contributed by atoms with Crippen molar-refractivity contribution in [3.05, 3.63) is 129 Å². The van der Waals surface area contributed by atoms with Gasteiger partial charge in [-0.1, -0.05) is 79.8 Å². The van der Waals surface area contributed by atoms with Gasteiger partial charge in [0.25, 0.3) is 5.91 Å². The van der Waals surface area contributed by atoms with Crippen LogP contribution in [0.5, 0.6) is 5.88 Å². The lowest BCUT2D eigenvalue weighted by atomic mass is 9.86. The molecule has 1 unspecified atom stereocenters. The first kappa shape index (κ1) is 32.1. The molecule has 3 heterocycles. The van der Waals surface area contributed by atoms with Crippen molar-refractivity contribution in [2.45, 2.75) is 40.1 Å². The quantitative estimate of drug-likeness (QED) is 0.168. The van der Waals surface area contributed by atoms with Crippen molar-refractivity contribution in [3.8, 4) is 5.88 Å². The normalized spacial score (nSPS) is 16.2. The molecule has 3 aromatic carbocycles. The van der Waals surface area contributed by atoms with Gasteiger partial charge in [-0.3, -0.25) is 4.79 Å². The molecule has 248 valence electrons. The minimum Gasteiger partial charge on any atom is -0.471 e. The van der Waals surface area contributed by atoms with E-state index in [0.717, 1.165) is 22.3 Å². The number of H-pyrrole nitrogens is 1. The van der Waals surface area contributed by atoms with Crippen LogP contribution in [0.25, 0.3) is 16.7 Å². The predicted octanol–water partition coefficient (Wildman–Crippen LogP) is 6.22. The Morgan fingerprint density at radius 3 is 2.57 bits per heavy atom. The van der Waals surface area contributed by atoms with Gasteiger partial charge in [0.05, 0.1) is 6.33 Å². The topological polar surface area (TPSA) is 122 Å². The van der Waals surface area contributed by atoms with Crippen molar-refractivity contribution in [2.75, 3.05) is 24.7 Å². The van der Waals surface area contributed by atoms with Crippen LogP contribution in [0.15, 0.2) is 96.0 Å². The average molecular weight is 668 g/mol. The van der Waals surface area contributed by atoms with E-state index in [0.29, 0.717) is 41.7 Å². The summed E-state index contributed by atoms with van der Waals surface area (Å²) in [6.45, 7) is 10.0. The average Bonchev–Trinajstić information content (AvgIpc) is 3.56. The van der Waals surface area contributed by atoms with Crippen molar-refractivity contribution in [1.29, 1.82) is 0 Å². The number of ether oxygens (including phenoxy) is 1. The molecule has 4 N–H and O–H groups in total. The van der Waals surface area contributed by atoms with E-state index < -0.39 is 8.07 Å². The molecule has 0 radical (unpaired) electrons. The third-order valence-electron chi connectivity index (χ3n) is 9.58. The van der Waals surface area contributed by atoms with E-state index in [9.17, 15) is 4.79 Å². The minimum absolute atomic E-state index is 0.105. The molecule has 9 nitrogen and oxygen atoms in total. The van der Waals surface area contributed by atoms with Crippen molar-refractivity contribution >= 4 is 47.5 Å². The van der Waals surface area contributed by atoms with Crippen LogP contribution in [0.2, 0.25) is 13.1 Å². The van der Waals surface area contributed by atoms with Gasteiger partial charge in [-0.15, -0.1) is 0 Å². The molecule has 0 spiro atoms. The molecule has 1 aliphatic heterocycles. The van der Waals surface area contributed by atoms with Crippen LogP contribution in [-0.2, 0) is 13.2 Å². The number of carbonyl (C=O) groups is 1. The number of fused-ring (bicyclic) bond motifs is 3. The molecule has 2 aromatic heterocycles. The van der Waals surface area contributed by atoms with Gasteiger partial charge in [0.15, 0.2) is 5.65 Å². The van der Waals surface area contributed by atoms with Crippen LogP contribution < -0.4 is 25.9 Å². The highest BCUT2D eigenvalue weighted by atomic mass is 28.3. The number of nitrogens with two attached hydrogens (primary N) is 1. The molecular formula is C39H41N7O2Si. The van der Waals surface area contributed by atoms with Crippen LogP contribution >= 0.6 is 0 Å². The fourth-order valence-electron chi connectivity index (χ4n) is 6.78. The zero-order valence-corrected chi connectivity index (χ0v) is 29.8. The van der Waals surface area contributed by atoms with Gasteiger partial charge in [0.1, 0.15) is 20.2 Å². The number of nitrogen functional groups attached to an aromatic ring is 1. The second-order valence-electron chi connectivity index (χ2n) is 13.6. The standard InChI is InChI=1S/C39H41N7O2Si/c1-23-7-15-29-32(17-23)49(5,6)33-19-28(46(3)4)14-16-30(33)34(29)31-18-27(13-8-24(31)2)37(47)41-20-25-9-11-26(12-10-25)21-48-38-35-36(43-22-42-35)44-39(40)45-38/h7-19,22-23H,20-21H2,1-6H3,(H,41,47)(H3,40,42,43,44,45). The molecule has 1 atom stereocenters. The van der Waals surface area contributed by atoms with Crippen LogP contribution in [0.4, 0.5) is 11.6 Å². The first-order valence-electron chi connectivity index (χ1n) is 16.5. The maximum absolute atomic E-state index is 13.6. The van der Waals surface area contributed by atoms with Crippen LogP contribution in [-0.4, -0.2) is 48.0 Å². The monoisotopic (exact) mass is 667 g/mol. The predicted molar refractivity (Wildman–Crippen MR) is 200 cm³/mol. The van der Waals surface area contributed by atoms with Gasteiger partial charge < -0.3 is 25.7 Å². The Kier molecular flexibility index (Phi) is 8.20. The first-order chi connectivity index (χ1) is 23.5. The number of nitrogens with one attached hydrogen (secondary N) is 2. The number of rotatable bonds is 8. The number of nitrogens with zero attached hydrogens (tertiary/aromatic N) is 4. The number of allylic oxidation sites excluding steroid dienone is 5. The molecule has 5 aromatic rings. The van der Waals surface area contributed by atoms with Gasteiger partial charge in [0, 0.05) is 31.9 Å². The molecule has 1 amide bonds. The molecular weight excluding hydrogens is 627 g/mol. The lowest BCUT2D eigenvalue weighted by molar-refractivity contribution is 0.0951. The summed E-state index contributed by atoms with van der Waals surface area (Å²) in [5.41, 5.74) is 16.7. The summed E-state index contributed by atoms with van der Waals surface area (Å²) in [5.74, 6) is 0.735. The Morgan fingerprint density at radius 1 is 1.02 bits per heavy atom. The van der Waals surface area contributed by atoms with E-state index >= 15 is 0 Å². The zero-order valence-electron chi connectivity index (χ0n) is 28.8. The summed E-state index contributed by atoms with van der Waals surface area (Å²) < 4.78 is 5.92. The van der Waals surface area contributed by atoms with E-state index in [2.05, 4.69) is 120 Å². The highest BCUT2D eigenvalue weighted by Crippen LogP contribution is 2.43. The Morgan fingerprint density at radius 2 is 1.80 bits per heavy atom. The maximum atomic E-state index is 13.6. The van der Waals surface area contributed by atoms with E-state index in [1.807, 2.05) is 30.3 Å². The van der Waals surface area contributed by atoms with Gasteiger partial charge in [-0.2, -0.15) is 9.97 Å². The fraction of sp³-hybridized carbons (Fsp3) is 0.231. The molecule has 49 heavy (non-hydrogen) atoms. The third-order valence-corrected chi connectivity index (χ3v) is 13.1. The number of carbonyl (C=O) groups excluding carboxylic acids is 1. The third kappa shape index (κ3) is 6.04. The molecule has 0 saturated heterocycles. The number of aryl methyl sites for hydroxylation is 1. The van der Waals surface area contributed by atoms with Crippen LogP contribution in [0.3, 0.4) is 0 Å². The van der Waals surface area contributed by atoms with Crippen LogP contribution in [0.1, 0.15) is 45.1 Å². The Labute approximate surface area is 287 Å². The molecule has 2 aliphatic rings. The fourth-order valence-corrected chi connectivity index (χ4v) is 10.0. The highest BCUT2D eigenvalue weighted by Gasteiger charge is 2.40. The van der Waals surface area contributed by atoms with Gasteiger partial charge in [-0.25, -0.2) is 4.98 Å². The van der Waals surface area contributed by atoms with E-state index in [1.165, 1.54) is 39.1 Å². The lowest BCUT2D eigenvalue weighted by Crippen LogP contribution is -2.49. The number of anilines is 2. The Hall–Kier alpha value is -5.48. The number of imidazole rings is 1. The summed E-state index contributed by atoms with van der Waals surface area (Å²) in [7, 11) is 2.21. The number of hydrogen-bond acceptors (Lipinski definition) is 7. The molecule has 0 fully saturated rings. The number of benzene rings is 3. The largest absolute Gasteiger partial charge is 0.471 e. The smallest absolute Gasteiger partial charge is 0.251 e. The Balaban J connectivity index is 1.11. The molecule has 0 bridgehead atoms. The first-order valence-corrected chi connectivity index (χ1v) is 19.5. The van der Waals surface area contributed by atoms with Crippen LogP contribution in [0, 0.1) is 12.8 Å². The van der Waals surface area contributed by atoms with E-state index in [4.69, 9.17) is 10.5 Å². The second kappa shape index (κ2) is 12.5. The van der Waals surface area contributed by atoms with Crippen molar-refractivity contribution in [1.82, 2.24) is 25.3 Å². The summed E-state index contributed by atoms with van der Waals surface area (Å²) in [6, 6.07) is 20.9. The summed E-state index contributed by atoms with van der Waals surface area (Å²) in [5, 5.41) is 6.03. The van der Waals surface area contributed by atoms with Crippen molar-refractivity contribution in [3.63, 3.8) is 0 Å². The number of hydrogen-bond donors (Lipinski definition) is 3. The number of aromatic amines is 1. The summed E-state index contributed by atoms with van der Waals surface area (Å²) in [6.07, 6.45) is 8.59. The molecule has 7 rings (SSSR count). The summed E-state index contributed by atoms with van der Waals surface area (Å²) >= 11 is 0. The Bertz CT molecular complexity index is 2200. The van der Waals surface area contributed by atoms with E-state index in [1.54, 1.807) is 0 Å². The number of amides is 1. The van der Waals surface area contributed by atoms with E-state index in [-0.39, 0.29) is 11.9 Å². The van der Waals surface area contributed by atoms with Gasteiger partial charge >= 0.3 is 0 Å². The molecule has 0 saturated carbocycles. The SMILES string of the molecule is Cc1ccc(C(=O)NCc2ccc(COc3nc(N)nc4nc[nH]c34)cc2)cc1C1=C2C=CC(C)C=C2[Si](C)(C)c2cc(N(C)C)ccc21. The molecule has 1 aliphatic carbocycles. The van der Waals surface area contributed by atoms with Crippen molar-refractivity contribution in [2.24, 2.45) is 5.92 Å². The molecule has 10 heteroatoms. The highest BCUT2D eigenvalue weighted by molar-refractivity contribution is 6.97. The van der Waals surface area contributed by atoms with Gasteiger partial charge in [0.2, 0.25) is 11.8 Å².